The second-order valence-electron chi connectivity index (χ2n) is 2.86. The van der Waals surface area contributed by atoms with E-state index in [-0.39, 0.29) is 0 Å². The van der Waals surface area contributed by atoms with Crippen molar-refractivity contribution in [2.45, 2.75) is 25.5 Å². The first-order valence-electron chi connectivity index (χ1n) is 3.95. The Kier molecular flexibility index (Phi) is 5.84. The van der Waals surface area contributed by atoms with E-state index in [2.05, 4.69) is 6.92 Å². The zero-order valence-electron chi connectivity index (χ0n) is 7.79. The molecule has 1 N–H and O–H groups in total. The van der Waals surface area contributed by atoms with E-state index in [4.69, 9.17) is 5.11 Å². The third-order valence-electron chi connectivity index (χ3n) is 1.41. The Balaban J connectivity index is 3.54. The second kappa shape index (κ2) is 5.75. The quantitative estimate of drug-likeness (QED) is 0.680. The summed E-state index contributed by atoms with van der Waals surface area (Å²) in [6.07, 6.45) is 0. The van der Waals surface area contributed by atoms with Crippen LogP contribution in [0.25, 0.3) is 0 Å². The van der Waals surface area contributed by atoms with Crippen LogP contribution in [0.15, 0.2) is 0 Å². The summed E-state index contributed by atoms with van der Waals surface area (Å²) >= 11 is 3.35. The Morgan fingerprint density at radius 3 is 2.42 bits per heavy atom. The van der Waals surface area contributed by atoms with Crippen LogP contribution in [0.3, 0.4) is 0 Å². The molecule has 0 spiro atoms. The summed E-state index contributed by atoms with van der Waals surface area (Å²) in [5.41, 5.74) is 0. The molecule has 0 radical (unpaired) electrons. The molecule has 0 aromatic heterocycles. The molecule has 0 fully saturated rings. The normalized spacial score (nSPS) is 11.6. The van der Waals surface area contributed by atoms with Crippen molar-refractivity contribution in [2.24, 2.45) is 0 Å². The molecular weight excluding hydrogens is 192 g/mol. The molecule has 72 valence electrons. The number of carbonyl (C=O) groups is 1. The van der Waals surface area contributed by atoms with Gasteiger partial charge in [-0.2, -0.15) is 11.8 Å². The van der Waals surface area contributed by atoms with Crippen molar-refractivity contribution in [3.05, 3.63) is 0 Å². The van der Waals surface area contributed by atoms with Crippen molar-refractivity contribution >= 4 is 29.5 Å². The van der Waals surface area contributed by atoms with Crippen LogP contribution >= 0.6 is 23.5 Å². The third-order valence-corrected chi connectivity index (χ3v) is 3.87. The van der Waals surface area contributed by atoms with Crippen molar-refractivity contribution in [1.82, 2.24) is 0 Å². The molecule has 12 heavy (non-hydrogen) atoms. The number of carboxylic acid groups (broad SMARTS) is 1. The summed E-state index contributed by atoms with van der Waals surface area (Å²) < 4.78 is -0.631. The second-order valence-corrected chi connectivity index (χ2v) is 5.97. The van der Waals surface area contributed by atoms with Crippen molar-refractivity contribution in [1.29, 1.82) is 0 Å². The van der Waals surface area contributed by atoms with Gasteiger partial charge in [-0.1, -0.05) is 6.92 Å². The molecule has 4 heteroatoms. The third kappa shape index (κ3) is 4.93. The Labute approximate surface area is 82.5 Å². The van der Waals surface area contributed by atoms with Gasteiger partial charge in [0.25, 0.3) is 0 Å². The zero-order chi connectivity index (χ0) is 9.61. The van der Waals surface area contributed by atoms with Crippen LogP contribution in [-0.2, 0) is 4.79 Å². The van der Waals surface area contributed by atoms with Gasteiger partial charge < -0.3 is 5.11 Å². The highest BCUT2D eigenvalue weighted by atomic mass is 32.2. The molecular formula is C8H16O2S2. The van der Waals surface area contributed by atoms with Gasteiger partial charge in [-0.15, -0.1) is 11.8 Å². The van der Waals surface area contributed by atoms with E-state index in [1.54, 1.807) is 13.8 Å². The maximum atomic E-state index is 10.7. The fraction of sp³-hybridized carbons (Fsp3) is 0.875. The van der Waals surface area contributed by atoms with Crippen LogP contribution in [0.1, 0.15) is 20.8 Å². The molecule has 0 rings (SSSR count). The molecule has 0 aliphatic heterocycles. The SMILES string of the molecule is CCSCCSC(C)(C)C(=O)O. The lowest BCUT2D eigenvalue weighted by atomic mass is 10.2. The summed E-state index contributed by atoms with van der Waals surface area (Å²) in [6, 6.07) is 0. The smallest absolute Gasteiger partial charge is 0.319 e. The highest BCUT2D eigenvalue weighted by molar-refractivity contribution is 8.04. The summed E-state index contributed by atoms with van der Waals surface area (Å²) in [4.78, 5) is 10.7. The van der Waals surface area contributed by atoms with Gasteiger partial charge in [-0.3, -0.25) is 4.79 Å². The molecule has 0 saturated carbocycles. The van der Waals surface area contributed by atoms with E-state index >= 15 is 0 Å². The number of rotatable bonds is 6. The van der Waals surface area contributed by atoms with Gasteiger partial charge in [0.15, 0.2) is 0 Å². The van der Waals surface area contributed by atoms with E-state index in [1.165, 1.54) is 11.8 Å². The Bertz CT molecular complexity index is 146. The molecule has 2 nitrogen and oxygen atoms in total. The lowest BCUT2D eigenvalue weighted by Gasteiger charge is -2.17. The average Bonchev–Trinajstić information content (AvgIpc) is 1.98. The van der Waals surface area contributed by atoms with Gasteiger partial charge in [0.1, 0.15) is 4.75 Å². The van der Waals surface area contributed by atoms with Crippen LogP contribution in [0.4, 0.5) is 0 Å². The van der Waals surface area contributed by atoms with Crippen LogP contribution in [0.5, 0.6) is 0 Å². The molecule has 0 aromatic rings. The van der Waals surface area contributed by atoms with E-state index in [0.717, 1.165) is 17.3 Å². The molecule has 0 amide bonds. The number of carboxylic acids is 1. The molecule has 0 atom stereocenters. The largest absolute Gasteiger partial charge is 0.480 e. The zero-order valence-corrected chi connectivity index (χ0v) is 9.43. The molecule has 0 aliphatic carbocycles. The number of hydrogen-bond acceptors (Lipinski definition) is 3. The minimum Gasteiger partial charge on any atom is -0.480 e. The molecule has 0 aromatic carbocycles. The summed E-state index contributed by atoms with van der Waals surface area (Å²) in [5.74, 6) is 2.33. The minimum atomic E-state index is -0.728. The van der Waals surface area contributed by atoms with Crippen LogP contribution in [0, 0.1) is 0 Å². The molecule has 0 bridgehead atoms. The Hall–Kier alpha value is 0.170. The Morgan fingerprint density at radius 1 is 1.42 bits per heavy atom. The number of hydrogen-bond donors (Lipinski definition) is 1. The molecule has 0 aliphatic rings. The maximum Gasteiger partial charge on any atom is 0.319 e. The van der Waals surface area contributed by atoms with Crippen LogP contribution < -0.4 is 0 Å². The maximum absolute atomic E-state index is 10.7. The number of aliphatic carboxylic acids is 1. The van der Waals surface area contributed by atoms with Crippen molar-refractivity contribution in [3.8, 4) is 0 Å². The predicted molar refractivity (Wildman–Crippen MR) is 57.2 cm³/mol. The van der Waals surface area contributed by atoms with Gasteiger partial charge in [-0.25, -0.2) is 0 Å². The number of thioether (sulfide) groups is 2. The van der Waals surface area contributed by atoms with Crippen molar-refractivity contribution < 1.29 is 9.90 Å². The standard InChI is InChI=1S/C8H16O2S2/c1-4-11-5-6-12-8(2,3)7(9)10/h4-6H2,1-3H3,(H,9,10). The van der Waals surface area contributed by atoms with Crippen molar-refractivity contribution in [2.75, 3.05) is 17.3 Å². The van der Waals surface area contributed by atoms with Gasteiger partial charge >= 0.3 is 5.97 Å². The van der Waals surface area contributed by atoms with E-state index in [1.807, 2.05) is 11.8 Å². The predicted octanol–water partition coefficient (Wildman–Crippen LogP) is 2.34. The topological polar surface area (TPSA) is 37.3 Å². The van der Waals surface area contributed by atoms with Gasteiger partial charge in [-0.05, 0) is 19.6 Å². The lowest BCUT2D eigenvalue weighted by molar-refractivity contribution is -0.138. The monoisotopic (exact) mass is 208 g/mol. The first-order chi connectivity index (χ1) is 5.50. The first kappa shape index (κ1) is 12.2. The van der Waals surface area contributed by atoms with E-state index in [9.17, 15) is 4.79 Å². The highest BCUT2D eigenvalue weighted by Crippen LogP contribution is 2.25. The average molecular weight is 208 g/mol. The minimum absolute atomic E-state index is 0.631. The van der Waals surface area contributed by atoms with E-state index < -0.39 is 10.7 Å². The molecule has 0 unspecified atom stereocenters. The summed E-state index contributed by atoms with van der Waals surface area (Å²) in [5, 5.41) is 8.77. The Morgan fingerprint density at radius 2 is 2.00 bits per heavy atom. The molecule has 0 saturated heterocycles. The van der Waals surface area contributed by atoms with Crippen LogP contribution in [-0.4, -0.2) is 33.1 Å². The first-order valence-corrected chi connectivity index (χ1v) is 6.10. The van der Waals surface area contributed by atoms with E-state index in [0.29, 0.717) is 0 Å². The van der Waals surface area contributed by atoms with Crippen molar-refractivity contribution in [3.63, 3.8) is 0 Å². The summed E-state index contributed by atoms with van der Waals surface area (Å²) in [7, 11) is 0. The highest BCUT2D eigenvalue weighted by Gasteiger charge is 2.26. The lowest BCUT2D eigenvalue weighted by Crippen LogP contribution is -2.27. The summed E-state index contributed by atoms with van der Waals surface area (Å²) in [6.45, 7) is 5.60. The van der Waals surface area contributed by atoms with Gasteiger partial charge in [0, 0.05) is 11.5 Å². The fourth-order valence-electron chi connectivity index (χ4n) is 0.562. The van der Waals surface area contributed by atoms with Gasteiger partial charge in [0.2, 0.25) is 0 Å². The molecule has 0 heterocycles. The van der Waals surface area contributed by atoms with Gasteiger partial charge in [0.05, 0.1) is 0 Å². The van der Waals surface area contributed by atoms with Crippen LogP contribution in [0.2, 0.25) is 0 Å². The fourth-order valence-corrected chi connectivity index (χ4v) is 2.29.